The maximum atomic E-state index is 12.1. The molecule has 1 N–H and O–H groups in total. The number of carbonyl (C=O) groups excluding carboxylic acids is 1. The van der Waals surface area contributed by atoms with Crippen molar-refractivity contribution >= 4 is 23.4 Å². The highest BCUT2D eigenvalue weighted by molar-refractivity contribution is 7.99. The molecule has 1 heterocycles. The molecule has 11 heteroatoms. The average Bonchev–Trinajstić information content (AvgIpc) is 3.00. The summed E-state index contributed by atoms with van der Waals surface area (Å²) in [5, 5.41) is 14.6. The maximum Gasteiger partial charge on any atom is 0.387 e. The van der Waals surface area contributed by atoms with Crippen LogP contribution >= 0.6 is 11.8 Å². The van der Waals surface area contributed by atoms with E-state index in [4.69, 9.17) is 0 Å². The molecule has 1 aromatic heterocycles. The molecule has 2 aromatic rings. The standard InChI is InChI=1S/C14H18F2N6O2S/c1-21(2)7-8-22-14(18-19-20-22)25-9-12(23)17-10-3-5-11(6-4-10)24-13(15)16/h3-6,13H,7-9H2,1-2H3,(H,17,23). The number of nitrogens with one attached hydrogen (secondary N) is 1. The quantitative estimate of drug-likeness (QED) is 0.669. The Labute approximate surface area is 147 Å². The molecule has 2 rings (SSSR count). The lowest BCUT2D eigenvalue weighted by Gasteiger charge is -2.10. The average molecular weight is 372 g/mol. The molecule has 0 saturated heterocycles. The number of halogens is 2. The number of benzene rings is 1. The van der Waals surface area contributed by atoms with Gasteiger partial charge in [-0.3, -0.25) is 4.79 Å². The smallest absolute Gasteiger partial charge is 0.387 e. The van der Waals surface area contributed by atoms with Crippen molar-refractivity contribution < 1.29 is 18.3 Å². The summed E-state index contributed by atoms with van der Waals surface area (Å²) >= 11 is 1.22. The van der Waals surface area contributed by atoms with Gasteiger partial charge in [-0.2, -0.15) is 8.78 Å². The van der Waals surface area contributed by atoms with Crippen LogP contribution < -0.4 is 10.1 Å². The molecule has 1 aromatic carbocycles. The van der Waals surface area contributed by atoms with E-state index >= 15 is 0 Å². The fourth-order valence-electron chi connectivity index (χ4n) is 1.78. The van der Waals surface area contributed by atoms with Crippen molar-refractivity contribution in [2.24, 2.45) is 0 Å². The van der Waals surface area contributed by atoms with Crippen LogP contribution in [-0.4, -0.2) is 64.0 Å². The van der Waals surface area contributed by atoms with Gasteiger partial charge in [-0.05, 0) is 48.8 Å². The Hall–Kier alpha value is -2.27. The molecule has 0 bridgehead atoms. The topological polar surface area (TPSA) is 85.2 Å². The highest BCUT2D eigenvalue weighted by Crippen LogP contribution is 2.19. The molecule has 0 aliphatic rings. The van der Waals surface area contributed by atoms with Crippen molar-refractivity contribution in [1.82, 2.24) is 25.1 Å². The predicted octanol–water partition coefficient (Wildman–Crippen LogP) is 1.57. The van der Waals surface area contributed by atoms with Crippen LogP contribution in [-0.2, 0) is 11.3 Å². The normalized spacial score (nSPS) is 11.1. The summed E-state index contributed by atoms with van der Waals surface area (Å²) in [6, 6.07) is 5.69. The van der Waals surface area contributed by atoms with Gasteiger partial charge in [-0.15, -0.1) is 5.10 Å². The van der Waals surface area contributed by atoms with E-state index in [-0.39, 0.29) is 17.4 Å². The van der Waals surface area contributed by atoms with Crippen molar-refractivity contribution in [3.8, 4) is 5.75 Å². The summed E-state index contributed by atoms with van der Waals surface area (Å²) in [6.45, 7) is -1.48. The highest BCUT2D eigenvalue weighted by atomic mass is 32.2. The molecule has 0 aliphatic heterocycles. The van der Waals surface area contributed by atoms with E-state index in [1.54, 1.807) is 4.68 Å². The largest absolute Gasteiger partial charge is 0.435 e. The van der Waals surface area contributed by atoms with Crippen molar-refractivity contribution in [3.05, 3.63) is 24.3 Å². The number of carbonyl (C=O) groups is 1. The summed E-state index contributed by atoms with van der Waals surface area (Å²) < 4.78 is 30.0. The van der Waals surface area contributed by atoms with Crippen molar-refractivity contribution in [3.63, 3.8) is 0 Å². The van der Waals surface area contributed by atoms with Gasteiger partial charge < -0.3 is 15.0 Å². The molecule has 0 fully saturated rings. The van der Waals surface area contributed by atoms with Crippen LogP contribution in [0.25, 0.3) is 0 Å². The third-order valence-corrected chi connectivity index (χ3v) is 3.91. The molecule has 0 radical (unpaired) electrons. The van der Waals surface area contributed by atoms with Crippen LogP contribution in [0.15, 0.2) is 29.4 Å². The molecular formula is C14H18F2N6O2S. The van der Waals surface area contributed by atoms with Crippen molar-refractivity contribution in [2.75, 3.05) is 31.7 Å². The minimum Gasteiger partial charge on any atom is -0.435 e. The first-order valence-corrected chi connectivity index (χ1v) is 8.31. The molecule has 0 atom stereocenters. The number of thioether (sulfide) groups is 1. The van der Waals surface area contributed by atoms with Gasteiger partial charge in [0.25, 0.3) is 0 Å². The number of tetrazole rings is 1. The van der Waals surface area contributed by atoms with Gasteiger partial charge in [0.1, 0.15) is 5.75 Å². The van der Waals surface area contributed by atoms with E-state index in [9.17, 15) is 13.6 Å². The monoisotopic (exact) mass is 372 g/mol. The second-order valence-corrected chi connectivity index (χ2v) is 6.17. The highest BCUT2D eigenvalue weighted by Gasteiger charge is 2.11. The fourth-order valence-corrected chi connectivity index (χ4v) is 2.49. The number of anilines is 1. The molecule has 0 saturated carbocycles. The first-order chi connectivity index (χ1) is 11.9. The number of likely N-dealkylation sites (N-methyl/N-ethyl adjacent to an activating group) is 1. The maximum absolute atomic E-state index is 12.1. The fraction of sp³-hybridized carbons (Fsp3) is 0.429. The van der Waals surface area contributed by atoms with Crippen LogP contribution in [0.2, 0.25) is 0 Å². The SMILES string of the molecule is CN(C)CCn1nnnc1SCC(=O)Nc1ccc(OC(F)F)cc1. The van der Waals surface area contributed by atoms with E-state index < -0.39 is 6.61 Å². The minimum absolute atomic E-state index is 0.0300. The van der Waals surface area contributed by atoms with Crippen LogP contribution in [0.5, 0.6) is 5.75 Å². The molecule has 0 spiro atoms. The van der Waals surface area contributed by atoms with E-state index in [1.165, 1.54) is 36.0 Å². The van der Waals surface area contributed by atoms with Gasteiger partial charge in [0.15, 0.2) is 0 Å². The van der Waals surface area contributed by atoms with Crippen molar-refractivity contribution in [2.45, 2.75) is 18.3 Å². The molecule has 25 heavy (non-hydrogen) atoms. The molecule has 0 aliphatic carbocycles. The Morgan fingerprint density at radius 2 is 2.08 bits per heavy atom. The Morgan fingerprint density at radius 1 is 1.36 bits per heavy atom. The molecule has 1 amide bonds. The Morgan fingerprint density at radius 3 is 2.72 bits per heavy atom. The number of rotatable bonds is 9. The van der Waals surface area contributed by atoms with Crippen LogP contribution in [0, 0.1) is 0 Å². The van der Waals surface area contributed by atoms with Crippen LogP contribution in [0.3, 0.4) is 0 Å². The van der Waals surface area contributed by atoms with E-state index in [2.05, 4.69) is 25.6 Å². The third kappa shape index (κ3) is 6.63. The van der Waals surface area contributed by atoms with E-state index in [1.807, 2.05) is 19.0 Å². The summed E-state index contributed by atoms with van der Waals surface area (Å²) in [5.74, 6) is -0.102. The summed E-state index contributed by atoms with van der Waals surface area (Å²) in [7, 11) is 3.89. The second kappa shape index (κ2) is 9.28. The number of hydrogen-bond donors (Lipinski definition) is 1. The first-order valence-electron chi connectivity index (χ1n) is 7.32. The third-order valence-electron chi connectivity index (χ3n) is 2.95. The summed E-state index contributed by atoms with van der Waals surface area (Å²) in [4.78, 5) is 14.0. The number of alkyl halides is 2. The summed E-state index contributed by atoms with van der Waals surface area (Å²) in [5.41, 5.74) is 0.486. The number of nitrogens with zero attached hydrogens (tertiary/aromatic N) is 5. The number of hydrogen-bond acceptors (Lipinski definition) is 7. The first kappa shape index (κ1) is 19.1. The van der Waals surface area contributed by atoms with Gasteiger partial charge in [0.2, 0.25) is 11.1 Å². The van der Waals surface area contributed by atoms with Gasteiger partial charge in [-0.25, -0.2) is 4.68 Å². The van der Waals surface area contributed by atoms with Gasteiger partial charge in [0, 0.05) is 12.2 Å². The number of amides is 1. The predicted molar refractivity (Wildman–Crippen MR) is 88.8 cm³/mol. The Balaban J connectivity index is 1.82. The van der Waals surface area contributed by atoms with Gasteiger partial charge in [0.05, 0.1) is 12.3 Å². The number of aromatic nitrogens is 4. The van der Waals surface area contributed by atoms with Gasteiger partial charge in [-0.1, -0.05) is 11.8 Å². The van der Waals surface area contributed by atoms with Gasteiger partial charge >= 0.3 is 6.61 Å². The molecular weight excluding hydrogens is 354 g/mol. The zero-order valence-electron chi connectivity index (χ0n) is 13.7. The zero-order chi connectivity index (χ0) is 18.2. The second-order valence-electron chi connectivity index (χ2n) is 5.23. The molecule has 136 valence electrons. The summed E-state index contributed by atoms with van der Waals surface area (Å²) in [6.07, 6.45) is 0. The number of ether oxygens (including phenoxy) is 1. The van der Waals surface area contributed by atoms with E-state index in [0.717, 1.165) is 6.54 Å². The van der Waals surface area contributed by atoms with Crippen LogP contribution in [0.1, 0.15) is 0 Å². The Kier molecular flexibility index (Phi) is 7.07. The van der Waals surface area contributed by atoms with Crippen LogP contribution in [0.4, 0.5) is 14.5 Å². The Bertz CT molecular complexity index is 680. The zero-order valence-corrected chi connectivity index (χ0v) is 14.5. The minimum atomic E-state index is -2.88. The molecule has 0 unspecified atom stereocenters. The van der Waals surface area contributed by atoms with Crippen molar-refractivity contribution in [1.29, 1.82) is 0 Å². The molecule has 8 nitrogen and oxygen atoms in total. The lowest BCUT2D eigenvalue weighted by molar-refractivity contribution is -0.113. The van der Waals surface area contributed by atoms with E-state index in [0.29, 0.717) is 17.4 Å². The lowest BCUT2D eigenvalue weighted by Crippen LogP contribution is -2.20. The lowest BCUT2D eigenvalue weighted by atomic mass is 10.3.